The summed E-state index contributed by atoms with van der Waals surface area (Å²) in [6, 6.07) is 62.0. The van der Waals surface area contributed by atoms with E-state index >= 15 is 0 Å². The Labute approximate surface area is 351 Å². The Bertz CT molecular complexity index is 3150. The second-order valence-corrected chi connectivity index (χ2v) is 16.4. The molecule has 282 valence electrons. The highest BCUT2D eigenvalue weighted by Crippen LogP contribution is 2.68. The number of fused-ring (bicyclic) bond motifs is 18. The Kier molecular flexibility index (Phi) is 7.65. The molecule has 12 rings (SSSR count). The zero-order chi connectivity index (χ0) is 39.8. The molecular weight excluding hydrogens is 723 g/mol. The van der Waals surface area contributed by atoms with Crippen molar-refractivity contribution in [2.24, 2.45) is 5.73 Å². The number of allylic oxidation sites excluding steroid dienone is 12. The first kappa shape index (κ1) is 34.6. The van der Waals surface area contributed by atoms with Crippen molar-refractivity contribution in [3.05, 3.63) is 285 Å². The van der Waals surface area contributed by atoms with E-state index in [9.17, 15) is 0 Å². The first-order valence-corrected chi connectivity index (χ1v) is 21.0. The van der Waals surface area contributed by atoms with Crippen LogP contribution in [0.3, 0.4) is 0 Å². The standard InChI is InChI=1S/C59H41N/c60-35-19-5-3-1-2-4-6-22-46-44-25-11-16-30-52(44)58(50-28-14-9-23-42(50)43-24-10-15-29-51(43)58)55(46)36-39-33-34-48-45-26-12-17-31-53(45)59(56(48)37-39)54-32-18-13-27-47(54)49-38-40-20-7-8-21-41(40)57(49)59/h1-37H,38,60H2/b2-1-,5-3-,6-4+,35-19+,46-22-,55-36+. The predicted molar refractivity (Wildman–Crippen MR) is 250 cm³/mol. The topological polar surface area (TPSA) is 26.0 Å². The zero-order valence-corrected chi connectivity index (χ0v) is 33.1. The number of nitrogens with two attached hydrogens (primary N) is 1. The minimum Gasteiger partial charge on any atom is -0.405 e. The molecule has 0 saturated carbocycles. The van der Waals surface area contributed by atoms with Crippen molar-refractivity contribution < 1.29 is 0 Å². The van der Waals surface area contributed by atoms with Gasteiger partial charge in [-0.15, -0.1) is 0 Å². The lowest BCUT2D eigenvalue weighted by molar-refractivity contribution is 0.799. The summed E-state index contributed by atoms with van der Waals surface area (Å²) in [7, 11) is 0. The maximum Gasteiger partial charge on any atom is 0.0728 e. The Hall–Kier alpha value is -7.48. The van der Waals surface area contributed by atoms with Gasteiger partial charge in [-0.2, -0.15) is 0 Å². The maximum atomic E-state index is 5.53. The lowest BCUT2D eigenvalue weighted by Crippen LogP contribution is -2.27. The van der Waals surface area contributed by atoms with Gasteiger partial charge in [0.15, 0.2) is 0 Å². The maximum absolute atomic E-state index is 5.53. The van der Waals surface area contributed by atoms with E-state index in [2.05, 4.69) is 194 Å². The van der Waals surface area contributed by atoms with Gasteiger partial charge < -0.3 is 5.73 Å². The van der Waals surface area contributed by atoms with Gasteiger partial charge in [-0.25, -0.2) is 0 Å². The van der Waals surface area contributed by atoms with Crippen LogP contribution in [0.2, 0.25) is 0 Å². The first-order valence-electron chi connectivity index (χ1n) is 21.0. The number of hydrogen-bond acceptors (Lipinski definition) is 1. The van der Waals surface area contributed by atoms with E-state index in [4.69, 9.17) is 5.73 Å². The van der Waals surface area contributed by atoms with Gasteiger partial charge in [0.1, 0.15) is 0 Å². The highest BCUT2D eigenvalue weighted by molar-refractivity contribution is 6.13. The Morgan fingerprint density at radius 3 is 1.50 bits per heavy atom. The van der Waals surface area contributed by atoms with Crippen molar-refractivity contribution in [1.29, 1.82) is 0 Å². The molecule has 60 heavy (non-hydrogen) atoms. The molecule has 1 unspecified atom stereocenters. The summed E-state index contributed by atoms with van der Waals surface area (Å²) < 4.78 is 0. The van der Waals surface area contributed by atoms with E-state index in [0.717, 1.165) is 6.42 Å². The molecule has 0 bridgehead atoms. The molecule has 0 saturated heterocycles. The molecule has 0 aliphatic heterocycles. The van der Waals surface area contributed by atoms with Crippen molar-refractivity contribution in [1.82, 2.24) is 0 Å². The third-order valence-electron chi connectivity index (χ3n) is 13.7. The fourth-order valence-electron chi connectivity index (χ4n) is 11.6. The number of benzene rings is 7. The van der Waals surface area contributed by atoms with E-state index < -0.39 is 10.8 Å². The minimum atomic E-state index is -0.490. The highest BCUT2D eigenvalue weighted by atomic mass is 14.6. The zero-order valence-electron chi connectivity index (χ0n) is 33.1. The molecular formula is C59H41N. The van der Waals surface area contributed by atoms with Crippen LogP contribution < -0.4 is 5.73 Å². The Morgan fingerprint density at radius 1 is 0.400 bits per heavy atom. The largest absolute Gasteiger partial charge is 0.405 e. The normalized spacial score (nSPS) is 19.6. The van der Waals surface area contributed by atoms with Gasteiger partial charge in [-0.05, 0) is 137 Å². The third kappa shape index (κ3) is 4.52. The van der Waals surface area contributed by atoms with Crippen LogP contribution in [0.15, 0.2) is 224 Å². The predicted octanol–water partition coefficient (Wildman–Crippen LogP) is 13.4. The van der Waals surface area contributed by atoms with Gasteiger partial charge in [0.05, 0.1) is 10.8 Å². The second-order valence-electron chi connectivity index (χ2n) is 16.4. The van der Waals surface area contributed by atoms with Gasteiger partial charge in [-0.3, -0.25) is 0 Å². The van der Waals surface area contributed by atoms with Gasteiger partial charge in [0, 0.05) is 0 Å². The van der Waals surface area contributed by atoms with E-state index in [1.165, 1.54) is 106 Å². The van der Waals surface area contributed by atoms with Crippen molar-refractivity contribution in [2.75, 3.05) is 0 Å². The summed E-state index contributed by atoms with van der Waals surface area (Å²) in [5.74, 6) is 0. The highest BCUT2D eigenvalue weighted by Gasteiger charge is 2.56. The van der Waals surface area contributed by atoms with Crippen LogP contribution in [0.1, 0.15) is 61.2 Å². The SMILES string of the molecule is N/C=C/C=C\C=C/C=C/C=C1\C(=C/c2ccc3c(c2)C2(C4=C(Cc5ccccc54)c4ccccc42)c2ccccc2-3)C2(c3ccccc31)c1ccccc1-c1ccccc12. The number of rotatable bonds is 5. The summed E-state index contributed by atoms with van der Waals surface area (Å²) in [6.07, 6.45) is 21.5. The van der Waals surface area contributed by atoms with Gasteiger partial charge >= 0.3 is 0 Å². The molecule has 0 radical (unpaired) electrons. The summed E-state index contributed by atoms with van der Waals surface area (Å²) in [5.41, 5.74) is 30.2. The smallest absolute Gasteiger partial charge is 0.0728 e. The van der Waals surface area contributed by atoms with E-state index in [1.54, 1.807) is 6.20 Å². The first-order chi connectivity index (χ1) is 29.8. The molecule has 1 heteroatoms. The average molecular weight is 764 g/mol. The van der Waals surface area contributed by atoms with Gasteiger partial charge in [0.2, 0.25) is 0 Å². The van der Waals surface area contributed by atoms with Gasteiger partial charge in [0.25, 0.3) is 0 Å². The summed E-state index contributed by atoms with van der Waals surface area (Å²) in [4.78, 5) is 0. The molecule has 7 aromatic rings. The molecule has 0 aromatic heterocycles. The van der Waals surface area contributed by atoms with Gasteiger partial charge in [-0.1, -0.05) is 200 Å². The average Bonchev–Trinajstić information content (AvgIpc) is 4.06. The van der Waals surface area contributed by atoms with Crippen LogP contribution in [0, 0.1) is 0 Å². The molecule has 5 aliphatic rings. The lowest BCUT2D eigenvalue weighted by atomic mass is 9.67. The fraction of sp³-hybridized carbons (Fsp3) is 0.0508. The van der Waals surface area contributed by atoms with Crippen LogP contribution in [-0.2, 0) is 17.3 Å². The molecule has 0 fully saturated rings. The summed E-state index contributed by atoms with van der Waals surface area (Å²) in [6.45, 7) is 0. The van der Waals surface area contributed by atoms with Crippen molar-refractivity contribution in [3.63, 3.8) is 0 Å². The number of hydrogen-bond donors (Lipinski definition) is 1. The van der Waals surface area contributed by atoms with Crippen LogP contribution in [0.25, 0.3) is 45.0 Å². The molecule has 7 aromatic carbocycles. The van der Waals surface area contributed by atoms with Crippen LogP contribution in [0.5, 0.6) is 0 Å². The Morgan fingerprint density at radius 2 is 0.867 bits per heavy atom. The fourth-order valence-corrected chi connectivity index (χ4v) is 11.6. The Balaban J connectivity index is 1.13. The van der Waals surface area contributed by atoms with Crippen LogP contribution in [-0.4, -0.2) is 0 Å². The van der Waals surface area contributed by atoms with Crippen molar-refractivity contribution in [3.8, 4) is 22.3 Å². The third-order valence-corrected chi connectivity index (χ3v) is 13.7. The van der Waals surface area contributed by atoms with Crippen LogP contribution in [0.4, 0.5) is 0 Å². The molecule has 0 amide bonds. The monoisotopic (exact) mass is 763 g/mol. The van der Waals surface area contributed by atoms with Crippen molar-refractivity contribution in [2.45, 2.75) is 17.3 Å². The summed E-state index contributed by atoms with van der Waals surface area (Å²) >= 11 is 0. The van der Waals surface area contributed by atoms with Crippen LogP contribution >= 0.6 is 0 Å². The summed E-state index contributed by atoms with van der Waals surface area (Å²) in [5, 5.41) is 0. The van der Waals surface area contributed by atoms with E-state index in [0.29, 0.717) is 0 Å². The van der Waals surface area contributed by atoms with E-state index in [1.807, 2.05) is 24.3 Å². The quantitative estimate of drug-likeness (QED) is 0.174. The molecule has 2 spiro atoms. The molecule has 2 N–H and O–H groups in total. The van der Waals surface area contributed by atoms with Crippen molar-refractivity contribution >= 4 is 22.8 Å². The van der Waals surface area contributed by atoms with E-state index in [-0.39, 0.29) is 0 Å². The molecule has 1 atom stereocenters. The second kappa shape index (κ2) is 13.3. The molecule has 0 heterocycles. The lowest BCUT2D eigenvalue weighted by Gasteiger charge is -2.33. The minimum absolute atomic E-state index is 0.413. The molecule has 5 aliphatic carbocycles. The molecule has 1 nitrogen and oxygen atoms in total.